The van der Waals surface area contributed by atoms with Gasteiger partial charge in [-0.1, -0.05) is 19.8 Å². The molecule has 3 nitrogen and oxygen atoms in total. The molecule has 1 aliphatic rings. The van der Waals surface area contributed by atoms with Crippen molar-refractivity contribution in [3.63, 3.8) is 0 Å². The van der Waals surface area contributed by atoms with Gasteiger partial charge in [0.2, 0.25) is 0 Å². The van der Waals surface area contributed by atoms with Crippen molar-refractivity contribution in [2.24, 2.45) is 11.7 Å². The average Bonchev–Trinajstić information content (AvgIpc) is 2.95. The van der Waals surface area contributed by atoms with Crippen molar-refractivity contribution in [3.8, 4) is 0 Å². The first-order valence-electron chi connectivity index (χ1n) is 5.26. The van der Waals surface area contributed by atoms with Gasteiger partial charge in [0.05, 0.1) is 12.7 Å². The first kappa shape index (κ1) is 11.0. The van der Waals surface area contributed by atoms with Crippen LogP contribution in [0.5, 0.6) is 0 Å². The summed E-state index contributed by atoms with van der Waals surface area (Å²) in [4.78, 5) is 0. The Hall–Kier alpha value is -0.120. The lowest BCUT2D eigenvalue weighted by atomic mass is 10.1. The molecule has 1 rings (SSSR count). The predicted molar refractivity (Wildman–Crippen MR) is 52.4 cm³/mol. The van der Waals surface area contributed by atoms with E-state index in [9.17, 15) is 0 Å². The van der Waals surface area contributed by atoms with Gasteiger partial charge in [-0.15, -0.1) is 0 Å². The molecule has 0 radical (unpaired) electrons. The monoisotopic (exact) mass is 187 g/mol. The van der Waals surface area contributed by atoms with Crippen LogP contribution in [0.3, 0.4) is 0 Å². The second kappa shape index (κ2) is 5.58. The van der Waals surface area contributed by atoms with Crippen LogP contribution in [-0.2, 0) is 4.74 Å². The normalized spacial score (nSPS) is 21.5. The molecule has 2 atom stereocenters. The van der Waals surface area contributed by atoms with Gasteiger partial charge in [0.1, 0.15) is 0 Å². The molecule has 1 aliphatic carbocycles. The number of nitrogens with two attached hydrogens (primary N) is 1. The summed E-state index contributed by atoms with van der Waals surface area (Å²) in [5.41, 5.74) is 5.78. The Bertz CT molecular complexity index is 137. The number of rotatable bonds is 7. The molecule has 0 heterocycles. The van der Waals surface area contributed by atoms with Crippen LogP contribution in [0.2, 0.25) is 0 Å². The largest absolute Gasteiger partial charge is 0.394 e. The highest BCUT2D eigenvalue weighted by molar-refractivity contribution is 4.74. The molecule has 0 bridgehead atoms. The zero-order valence-corrected chi connectivity index (χ0v) is 8.41. The Morgan fingerprint density at radius 3 is 2.69 bits per heavy atom. The highest BCUT2D eigenvalue weighted by atomic mass is 16.5. The van der Waals surface area contributed by atoms with Crippen molar-refractivity contribution in [2.45, 2.75) is 44.8 Å². The molecule has 0 spiro atoms. The van der Waals surface area contributed by atoms with Gasteiger partial charge >= 0.3 is 0 Å². The minimum atomic E-state index is -0.163. The lowest BCUT2D eigenvalue weighted by molar-refractivity contribution is -0.00535. The number of aliphatic hydroxyl groups excluding tert-OH is 1. The van der Waals surface area contributed by atoms with Crippen LogP contribution in [0.1, 0.15) is 32.6 Å². The summed E-state index contributed by atoms with van der Waals surface area (Å²) in [5.74, 6) is 0.886. The van der Waals surface area contributed by atoms with Crippen LogP contribution in [0.4, 0.5) is 0 Å². The Labute approximate surface area is 80.3 Å². The van der Waals surface area contributed by atoms with Crippen LogP contribution in [0, 0.1) is 5.92 Å². The number of hydrogen-bond donors (Lipinski definition) is 2. The zero-order valence-electron chi connectivity index (χ0n) is 8.41. The first-order valence-corrected chi connectivity index (χ1v) is 5.26. The molecule has 0 amide bonds. The quantitative estimate of drug-likeness (QED) is 0.622. The van der Waals surface area contributed by atoms with Gasteiger partial charge < -0.3 is 15.6 Å². The molecular formula is C10H21NO2. The van der Waals surface area contributed by atoms with Gasteiger partial charge in [0.25, 0.3) is 0 Å². The number of hydrogen-bond acceptors (Lipinski definition) is 3. The molecule has 1 fully saturated rings. The summed E-state index contributed by atoms with van der Waals surface area (Å²) in [5, 5.41) is 9.00. The van der Waals surface area contributed by atoms with E-state index < -0.39 is 0 Å². The molecule has 78 valence electrons. The smallest absolute Gasteiger partial charge is 0.0955 e. The van der Waals surface area contributed by atoms with Crippen LogP contribution in [-0.4, -0.2) is 30.5 Å². The standard InChI is InChI=1S/C10H21NO2/c1-2-9(11)10(7-12)13-6-5-8-3-4-8/h8-10,12H,2-7,11H2,1H3. The molecule has 0 saturated heterocycles. The van der Waals surface area contributed by atoms with E-state index in [-0.39, 0.29) is 18.8 Å². The van der Waals surface area contributed by atoms with Gasteiger partial charge in [-0.3, -0.25) is 0 Å². The summed E-state index contributed by atoms with van der Waals surface area (Å²) in [6.07, 6.45) is 4.53. The summed E-state index contributed by atoms with van der Waals surface area (Å²) < 4.78 is 5.52. The molecular weight excluding hydrogens is 166 g/mol. The second-order valence-electron chi connectivity index (χ2n) is 3.90. The number of ether oxygens (including phenoxy) is 1. The maximum atomic E-state index is 9.00. The van der Waals surface area contributed by atoms with Crippen molar-refractivity contribution in [1.82, 2.24) is 0 Å². The van der Waals surface area contributed by atoms with Crippen LogP contribution < -0.4 is 5.73 Å². The van der Waals surface area contributed by atoms with Crippen molar-refractivity contribution in [3.05, 3.63) is 0 Å². The summed E-state index contributed by atoms with van der Waals surface area (Å²) >= 11 is 0. The lowest BCUT2D eigenvalue weighted by Gasteiger charge is -2.21. The van der Waals surface area contributed by atoms with Crippen molar-refractivity contribution in [2.75, 3.05) is 13.2 Å². The number of aliphatic hydroxyl groups is 1. The fourth-order valence-electron chi connectivity index (χ4n) is 1.37. The van der Waals surface area contributed by atoms with Crippen molar-refractivity contribution >= 4 is 0 Å². The maximum absolute atomic E-state index is 9.00. The Morgan fingerprint density at radius 1 is 1.54 bits per heavy atom. The van der Waals surface area contributed by atoms with Crippen LogP contribution >= 0.6 is 0 Å². The highest BCUT2D eigenvalue weighted by Crippen LogP contribution is 2.32. The van der Waals surface area contributed by atoms with E-state index in [2.05, 4.69) is 0 Å². The van der Waals surface area contributed by atoms with Crippen molar-refractivity contribution in [1.29, 1.82) is 0 Å². The van der Waals surface area contributed by atoms with Gasteiger partial charge in [0.15, 0.2) is 0 Å². The Kier molecular flexibility index (Phi) is 4.70. The summed E-state index contributed by atoms with van der Waals surface area (Å²) in [6, 6.07) is -0.0239. The molecule has 13 heavy (non-hydrogen) atoms. The van der Waals surface area contributed by atoms with Gasteiger partial charge in [-0.05, 0) is 18.8 Å². The molecule has 1 saturated carbocycles. The van der Waals surface area contributed by atoms with E-state index >= 15 is 0 Å². The van der Waals surface area contributed by atoms with Gasteiger partial charge in [-0.2, -0.15) is 0 Å². The van der Waals surface area contributed by atoms with E-state index in [0.717, 1.165) is 25.4 Å². The molecule has 0 aromatic heterocycles. The van der Waals surface area contributed by atoms with E-state index in [1.807, 2.05) is 6.92 Å². The van der Waals surface area contributed by atoms with Gasteiger partial charge in [-0.25, -0.2) is 0 Å². The van der Waals surface area contributed by atoms with E-state index in [0.29, 0.717) is 0 Å². The third-order valence-corrected chi connectivity index (χ3v) is 2.68. The molecule has 0 aliphatic heterocycles. The maximum Gasteiger partial charge on any atom is 0.0955 e. The van der Waals surface area contributed by atoms with Gasteiger partial charge in [0, 0.05) is 12.6 Å². The molecule has 0 aromatic rings. The average molecular weight is 187 g/mol. The topological polar surface area (TPSA) is 55.5 Å². The predicted octanol–water partition coefficient (Wildman–Crippen LogP) is 0.901. The second-order valence-corrected chi connectivity index (χ2v) is 3.90. The molecule has 3 heteroatoms. The summed E-state index contributed by atoms with van der Waals surface area (Å²) in [7, 11) is 0. The fourth-order valence-corrected chi connectivity index (χ4v) is 1.37. The minimum Gasteiger partial charge on any atom is -0.394 e. The fraction of sp³-hybridized carbons (Fsp3) is 1.00. The molecule has 3 N–H and O–H groups in total. The minimum absolute atomic E-state index is 0.0239. The first-order chi connectivity index (χ1) is 6.27. The lowest BCUT2D eigenvalue weighted by Crippen LogP contribution is -2.39. The zero-order chi connectivity index (χ0) is 9.68. The SMILES string of the molecule is CCC(N)C(CO)OCCC1CC1. The van der Waals surface area contributed by atoms with Crippen LogP contribution in [0.15, 0.2) is 0 Å². The van der Waals surface area contributed by atoms with E-state index in [1.54, 1.807) is 0 Å². The highest BCUT2D eigenvalue weighted by Gasteiger charge is 2.22. The van der Waals surface area contributed by atoms with E-state index in [4.69, 9.17) is 15.6 Å². The molecule has 2 unspecified atom stereocenters. The Balaban J connectivity index is 2.06. The third-order valence-electron chi connectivity index (χ3n) is 2.68. The molecule has 0 aromatic carbocycles. The van der Waals surface area contributed by atoms with Crippen molar-refractivity contribution < 1.29 is 9.84 Å². The third kappa shape index (κ3) is 4.07. The summed E-state index contributed by atoms with van der Waals surface area (Å²) in [6.45, 7) is 2.81. The van der Waals surface area contributed by atoms with Crippen LogP contribution in [0.25, 0.3) is 0 Å². The Morgan fingerprint density at radius 2 is 2.23 bits per heavy atom. The van der Waals surface area contributed by atoms with E-state index in [1.165, 1.54) is 12.8 Å².